The minimum absolute atomic E-state index is 0.0262. The zero-order chi connectivity index (χ0) is 17.4. The lowest BCUT2D eigenvalue weighted by Crippen LogP contribution is -2.50. The molecule has 0 saturated carbocycles. The number of carbonyl (C=O) groups is 3. The summed E-state index contributed by atoms with van der Waals surface area (Å²) in [6, 6.07) is 10.1. The average molecular weight is 331 g/mol. The first-order valence-corrected chi connectivity index (χ1v) is 8.40. The van der Waals surface area contributed by atoms with Gasteiger partial charge >= 0.3 is 0 Å². The van der Waals surface area contributed by atoms with Crippen LogP contribution in [-0.2, 0) is 20.8 Å². The lowest BCUT2D eigenvalue weighted by molar-refractivity contribution is -0.141. The molecule has 0 spiro atoms. The van der Waals surface area contributed by atoms with Crippen LogP contribution in [-0.4, -0.2) is 60.2 Å². The van der Waals surface area contributed by atoms with Crippen LogP contribution in [0.3, 0.4) is 0 Å². The van der Waals surface area contributed by atoms with Crippen LogP contribution in [0.15, 0.2) is 30.3 Å². The van der Waals surface area contributed by atoms with E-state index in [1.807, 2.05) is 18.2 Å². The van der Waals surface area contributed by atoms with Gasteiger partial charge in [-0.3, -0.25) is 14.4 Å². The summed E-state index contributed by atoms with van der Waals surface area (Å²) in [5.41, 5.74) is 1.24. The standard InChI is InChI=1S/C18H25N3O3/c1-15(22)20-10-12-21(13-11-20)18(24)14-17(23)19-9-5-8-16-6-3-2-4-7-16/h2-4,6-7H,5,8-14H2,1H3,(H,19,23). The molecular formula is C18H25N3O3. The molecule has 1 heterocycles. The minimum Gasteiger partial charge on any atom is -0.356 e. The molecule has 130 valence electrons. The number of nitrogens with zero attached hydrogens (tertiary/aromatic N) is 2. The van der Waals surface area contributed by atoms with E-state index in [2.05, 4.69) is 17.4 Å². The van der Waals surface area contributed by atoms with Crippen molar-refractivity contribution in [2.24, 2.45) is 0 Å². The Labute approximate surface area is 142 Å². The Morgan fingerprint density at radius 1 is 1.00 bits per heavy atom. The SMILES string of the molecule is CC(=O)N1CCN(C(=O)CC(=O)NCCCc2ccccc2)CC1. The minimum atomic E-state index is -0.234. The van der Waals surface area contributed by atoms with E-state index in [1.54, 1.807) is 9.80 Å². The Hall–Kier alpha value is -2.37. The molecule has 1 aliphatic rings. The Morgan fingerprint density at radius 3 is 2.25 bits per heavy atom. The van der Waals surface area contributed by atoms with Crippen LogP contribution in [0, 0.1) is 0 Å². The molecule has 3 amide bonds. The van der Waals surface area contributed by atoms with E-state index in [9.17, 15) is 14.4 Å². The van der Waals surface area contributed by atoms with Gasteiger partial charge in [-0.05, 0) is 18.4 Å². The van der Waals surface area contributed by atoms with Crippen molar-refractivity contribution in [3.63, 3.8) is 0 Å². The summed E-state index contributed by atoms with van der Waals surface area (Å²) in [6.45, 7) is 4.18. The van der Waals surface area contributed by atoms with Gasteiger partial charge in [-0.1, -0.05) is 30.3 Å². The Bertz CT molecular complexity index is 566. The second kappa shape index (κ2) is 9.05. The molecule has 1 fully saturated rings. The molecule has 1 saturated heterocycles. The maximum absolute atomic E-state index is 12.1. The number of benzene rings is 1. The first-order valence-electron chi connectivity index (χ1n) is 8.40. The summed E-state index contributed by atoms with van der Waals surface area (Å²) in [5, 5.41) is 2.80. The predicted molar refractivity (Wildman–Crippen MR) is 91.2 cm³/mol. The van der Waals surface area contributed by atoms with Gasteiger partial charge in [0.15, 0.2) is 0 Å². The fraction of sp³-hybridized carbons (Fsp3) is 0.500. The predicted octanol–water partition coefficient (Wildman–Crippen LogP) is 0.816. The molecule has 0 bridgehead atoms. The first kappa shape index (κ1) is 18.0. The van der Waals surface area contributed by atoms with Gasteiger partial charge in [-0.15, -0.1) is 0 Å². The molecule has 0 unspecified atom stereocenters. The van der Waals surface area contributed by atoms with Gasteiger partial charge in [0.25, 0.3) is 0 Å². The van der Waals surface area contributed by atoms with Crippen LogP contribution in [0.2, 0.25) is 0 Å². The molecule has 6 nitrogen and oxygen atoms in total. The fourth-order valence-electron chi connectivity index (χ4n) is 2.75. The number of amides is 3. The molecule has 0 radical (unpaired) electrons. The number of nitrogens with one attached hydrogen (secondary N) is 1. The highest BCUT2D eigenvalue weighted by Crippen LogP contribution is 2.05. The van der Waals surface area contributed by atoms with Crippen molar-refractivity contribution in [1.29, 1.82) is 0 Å². The summed E-state index contributed by atoms with van der Waals surface area (Å²) < 4.78 is 0. The summed E-state index contributed by atoms with van der Waals surface area (Å²) in [4.78, 5) is 38.6. The first-order chi connectivity index (χ1) is 11.6. The Morgan fingerprint density at radius 2 is 1.62 bits per heavy atom. The number of carbonyl (C=O) groups excluding carboxylic acids is 3. The highest BCUT2D eigenvalue weighted by atomic mass is 16.2. The number of piperazine rings is 1. The van der Waals surface area contributed by atoms with E-state index in [4.69, 9.17) is 0 Å². The summed E-state index contributed by atoms with van der Waals surface area (Å²) in [5.74, 6) is -0.376. The van der Waals surface area contributed by atoms with E-state index in [-0.39, 0.29) is 24.1 Å². The molecule has 1 aromatic carbocycles. The van der Waals surface area contributed by atoms with E-state index >= 15 is 0 Å². The average Bonchev–Trinajstić information content (AvgIpc) is 2.59. The number of hydrogen-bond acceptors (Lipinski definition) is 3. The zero-order valence-corrected chi connectivity index (χ0v) is 14.2. The van der Waals surface area contributed by atoms with Crippen LogP contribution >= 0.6 is 0 Å². The highest BCUT2D eigenvalue weighted by Gasteiger charge is 2.23. The molecule has 0 atom stereocenters. The fourth-order valence-corrected chi connectivity index (χ4v) is 2.75. The number of rotatable bonds is 6. The normalized spacial score (nSPS) is 14.4. The Balaban J connectivity index is 1.62. The van der Waals surface area contributed by atoms with Crippen molar-refractivity contribution in [2.45, 2.75) is 26.2 Å². The van der Waals surface area contributed by atoms with Crippen LogP contribution in [0.5, 0.6) is 0 Å². The monoisotopic (exact) mass is 331 g/mol. The van der Waals surface area contributed by atoms with Crippen molar-refractivity contribution in [1.82, 2.24) is 15.1 Å². The van der Waals surface area contributed by atoms with Gasteiger partial charge in [-0.2, -0.15) is 0 Å². The summed E-state index contributed by atoms with van der Waals surface area (Å²) in [6.07, 6.45) is 1.63. The third-order valence-corrected chi connectivity index (χ3v) is 4.20. The van der Waals surface area contributed by atoms with Crippen molar-refractivity contribution in [2.75, 3.05) is 32.7 Å². The van der Waals surface area contributed by atoms with Gasteiger partial charge in [0, 0.05) is 39.6 Å². The van der Waals surface area contributed by atoms with Crippen LogP contribution in [0.25, 0.3) is 0 Å². The summed E-state index contributed by atoms with van der Waals surface area (Å²) >= 11 is 0. The van der Waals surface area contributed by atoms with Gasteiger partial charge in [-0.25, -0.2) is 0 Å². The molecule has 0 aliphatic carbocycles. The van der Waals surface area contributed by atoms with Gasteiger partial charge < -0.3 is 15.1 Å². The van der Waals surface area contributed by atoms with Crippen LogP contribution in [0.4, 0.5) is 0 Å². The molecule has 0 aromatic heterocycles. The quantitative estimate of drug-likeness (QED) is 0.620. The van der Waals surface area contributed by atoms with Crippen molar-refractivity contribution in [3.8, 4) is 0 Å². The Kier molecular flexibility index (Phi) is 6.78. The second-order valence-corrected chi connectivity index (χ2v) is 6.00. The molecule has 24 heavy (non-hydrogen) atoms. The third kappa shape index (κ3) is 5.68. The molecular weight excluding hydrogens is 306 g/mol. The topological polar surface area (TPSA) is 69.7 Å². The third-order valence-electron chi connectivity index (χ3n) is 4.20. The lowest BCUT2D eigenvalue weighted by Gasteiger charge is -2.34. The van der Waals surface area contributed by atoms with Crippen molar-refractivity contribution in [3.05, 3.63) is 35.9 Å². The lowest BCUT2D eigenvalue weighted by atomic mass is 10.1. The van der Waals surface area contributed by atoms with E-state index in [1.165, 1.54) is 12.5 Å². The van der Waals surface area contributed by atoms with Gasteiger partial charge in [0.2, 0.25) is 17.7 Å². The maximum atomic E-state index is 12.1. The van der Waals surface area contributed by atoms with Gasteiger partial charge in [0.1, 0.15) is 6.42 Å². The van der Waals surface area contributed by atoms with Gasteiger partial charge in [0.05, 0.1) is 0 Å². The second-order valence-electron chi connectivity index (χ2n) is 6.00. The van der Waals surface area contributed by atoms with E-state index in [0.29, 0.717) is 32.7 Å². The summed E-state index contributed by atoms with van der Waals surface area (Å²) in [7, 11) is 0. The largest absolute Gasteiger partial charge is 0.356 e. The number of aryl methyl sites for hydroxylation is 1. The van der Waals surface area contributed by atoms with Crippen LogP contribution in [0.1, 0.15) is 25.3 Å². The van der Waals surface area contributed by atoms with Crippen LogP contribution < -0.4 is 5.32 Å². The number of hydrogen-bond donors (Lipinski definition) is 1. The molecule has 1 aromatic rings. The van der Waals surface area contributed by atoms with E-state index < -0.39 is 0 Å². The molecule has 1 N–H and O–H groups in total. The van der Waals surface area contributed by atoms with E-state index in [0.717, 1.165) is 12.8 Å². The molecule has 6 heteroatoms. The maximum Gasteiger partial charge on any atom is 0.232 e. The smallest absolute Gasteiger partial charge is 0.232 e. The van der Waals surface area contributed by atoms with Crippen molar-refractivity contribution >= 4 is 17.7 Å². The van der Waals surface area contributed by atoms with Crippen molar-refractivity contribution < 1.29 is 14.4 Å². The molecule has 1 aliphatic heterocycles. The molecule has 2 rings (SSSR count). The highest BCUT2D eigenvalue weighted by molar-refractivity contribution is 5.96. The zero-order valence-electron chi connectivity index (χ0n) is 14.2.